The molecular weight excluding hydrogens is 312 g/mol. The zero-order valence-electron chi connectivity index (χ0n) is 12.5. The first-order valence-electron chi connectivity index (χ1n) is 6.95. The third-order valence-corrected chi connectivity index (χ3v) is 4.14. The van der Waals surface area contributed by atoms with Gasteiger partial charge in [-0.1, -0.05) is 54.0 Å². The fourth-order valence-electron chi connectivity index (χ4n) is 2.11. The first-order chi connectivity index (χ1) is 9.51. The van der Waals surface area contributed by atoms with E-state index < -0.39 is 0 Å². The number of benzene rings is 2. The lowest BCUT2D eigenvalue weighted by Crippen LogP contribution is -1.94. The predicted octanol–water partition coefficient (Wildman–Crippen LogP) is 6.11. The van der Waals surface area contributed by atoms with Crippen molar-refractivity contribution in [2.75, 3.05) is 0 Å². The van der Waals surface area contributed by atoms with Gasteiger partial charge in [-0.25, -0.2) is 0 Å². The fourth-order valence-corrected chi connectivity index (χ4v) is 2.46. The van der Waals surface area contributed by atoms with Crippen molar-refractivity contribution in [1.29, 1.82) is 0 Å². The third kappa shape index (κ3) is 3.43. The molecule has 0 saturated carbocycles. The molecule has 20 heavy (non-hydrogen) atoms. The maximum Gasteiger partial charge on any atom is 0.130 e. The zero-order valence-corrected chi connectivity index (χ0v) is 14.1. The lowest BCUT2D eigenvalue weighted by atomic mass is 10.0. The molecule has 0 saturated heterocycles. The number of halogens is 1. The van der Waals surface area contributed by atoms with Gasteiger partial charge >= 0.3 is 0 Å². The molecule has 0 aliphatic carbocycles. The van der Waals surface area contributed by atoms with E-state index in [0.717, 1.165) is 22.4 Å². The average molecular weight is 333 g/mol. The summed E-state index contributed by atoms with van der Waals surface area (Å²) in [6.07, 6.45) is 0. The molecule has 2 heteroatoms. The highest BCUT2D eigenvalue weighted by molar-refractivity contribution is 9.08. The molecule has 0 spiro atoms. The second-order valence-electron chi connectivity index (χ2n) is 5.52. The van der Waals surface area contributed by atoms with Crippen molar-refractivity contribution < 1.29 is 4.74 Å². The van der Waals surface area contributed by atoms with Crippen LogP contribution in [-0.2, 0) is 5.33 Å². The van der Waals surface area contributed by atoms with Gasteiger partial charge in [0, 0.05) is 5.33 Å². The second-order valence-corrected chi connectivity index (χ2v) is 6.08. The zero-order chi connectivity index (χ0) is 14.7. The van der Waals surface area contributed by atoms with Gasteiger partial charge in [-0.2, -0.15) is 0 Å². The van der Waals surface area contributed by atoms with Gasteiger partial charge in [0.15, 0.2) is 0 Å². The Kier molecular flexibility index (Phi) is 4.87. The van der Waals surface area contributed by atoms with Crippen molar-refractivity contribution >= 4 is 15.9 Å². The van der Waals surface area contributed by atoms with Crippen molar-refractivity contribution in [3.05, 3.63) is 58.7 Å². The molecule has 1 nitrogen and oxygen atoms in total. The van der Waals surface area contributed by atoms with Crippen LogP contribution in [0.25, 0.3) is 0 Å². The van der Waals surface area contributed by atoms with Crippen LogP contribution in [0.15, 0.2) is 36.4 Å². The van der Waals surface area contributed by atoms with Crippen molar-refractivity contribution in [3.8, 4) is 11.5 Å². The van der Waals surface area contributed by atoms with Gasteiger partial charge in [0.2, 0.25) is 0 Å². The lowest BCUT2D eigenvalue weighted by Gasteiger charge is -2.14. The molecule has 0 fully saturated rings. The van der Waals surface area contributed by atoms with Gasteiger partial charge < -0.3 is 4.74 Å². The van der Waals surface area contributed by atoms with Crippen LogP contribution in [-0.4, -0.2) is 0 Å². The molecule has 0 aliphatic rings. The summed E-state index contributed by atoms with van der Waals surface area (Å²) in [6, 6.07) is 12.8. The number of rotatable bonds is 4. The predicted molar refractivity (Wildman–Crippen MR) is 89.2 cm³/mol. The molecule has 0 amide bonds. The molecule has 2 rings (SSSR count). The average Bonchev–Trinajstić information content (AvgIpc) is 2.42. The normalized spacial score (nSPS) is 10.9. The summed E-state index contributed by atoms with van der Waals surface area (Å²) < 4.78 is 6.11. The molecule has 0 atom stereocenters. The van der Waals surface area contributed by atoms with E-state index in [2.05, 4.69) is 74.0 Å². The summed E-state index contributed by atoms with van der Waals surface area (Å²) in [5, 5.41) is 0.871. The molecule has 106 valence electrons. The number of hydrogen-bond donors (Lipinski definition) is 0. The lowest BCUT2D eigenvalue weighted by molar-refractivity contribution is 0.474. The van der Waals surface area contributed by atoms with Gasteiger partial charge in [-0.3, -0.25) is 0 Å². The van der Waals surface area contributed by atoms with Gasteiger partial charge in [-0.05, 0) is 54.2 Å². The van der Waals surface area contributed by atoms with Gasteiger partial charge in [-0.15, -0.1) is 0 Å². The van der Waals surface area contributed by atoms with Gasteiger partial charge in [0.05, 0.1) is 0 Å². The summed E-state index contributed by atoms with van der Waals surface area (Å²) in [7, 11) is 0. The minimum Gasteiger partial charge on any atom is -0.457 e. The molecule has 0 heterocycles. The van der Waals surface area contributed by atoms with E-state index in [1.807, 2.05) is 6.07 Å². The Morgan fingerprint density at radius 3 is 2.30 bits per heavy atom. The third-order valence-electron chi connectivity index (χ3n) is 3.49. The Morgan fingerprint density at radius 1 is 0.950 bits per heavy atom. The molecule has 0 radical (unpaired) electrons. The largest absolute Gasteiger partial charge is 0.457 e. The summed E-state index contributed by atoms with van der Waals surface area (Å²) in [5.74, 6) is 2.39. The van der Waals surface area contributed by atoms with Crippen LogP contribution in [0.1, 0.15) is 42.0 Å². The second kappa shape index (κ2) is 6.45. The van der Waals surface area contributed by atoms with Crippen LogP contribution in [0.3, 0.4) is 0 Å². The van der Waals surface area contributed by atoms with Crippen molar-refractivity contribution in [1.82, 2.24) is 0 Å². The van der Waals surface area contributed by atoms with E-state index in [1.54, 1.807) is 0 Å². The summed E-state index contributed by atoms with van der Waals surface area (Å²) >= 11 is 3.48. The van der Waals surface area contributed by atoms with E-state index in [0.29, 0.717) is 5.92 Å². The molecular formula is C18H21BrO. The highest BCUT2D eigenvalue weighted by Crippen LogP contribution is 2.31. The highest BCUT2D eigenvalue weighted by Gasteiger charge is 2.08. The van der Waals surface area contributed by atoms with Crippen LogP contribution in [0.4, 0.5) is 0 Å². The van der Waals surface area contributed by atoms with Crippen LogP contribution in [0, 0.1) is 13.8 Å². The van der Waals surface area contributed by atoms with E-state index in [-0.39, 0.29) is 0 Å². The summed E-state index contributed by atoms with van der Waals surface area (Å²) in [6.45, 7) is 8.57. The van der Waals surface area contributed by atoms with E-state index >= 15 is 0 Å². The molecule has 2 aromatic carbocycles. The maximum atomic E-state index is 6.11. The minimum absolute atomic E-state index is 0.509. The van der Waals surface area contributed by atoms with Crippen molar-refractivity contribution in [2.24, 2.45) is 0 Å². The van der Waals surface area contributed by atoms with E-state index in [9.17, 15) is 0 Å². The smallest absolute Gasteiger partial charge is 0.130 e. The SMILES string of the molecule is Cc1cc(CBr)ccc1Oc1cc(C(C)C)ccc1C. The molecule has 0 bridgehead atoms. The monoisotopic (exact) mass is 332 g/mol. The number of aryl methyl sites for hydroxylation is 2. The Labute approximate surface area is 130 Å². The summed E-state index contributed by atoms with van der Waals surface area (Å²) in [5.41, 5.74) is 4.90. The Bertz CT molecular complexity index is 602. The van der Waals surface area contributed by atoms with E-state index in [4.69, 9.17) is 4.74 Å². The van der Waals surface area contributed by atoms with Crippen LogP contribution < -0.4 is 4.74 Å². The van der Waals surface area contributed by atoms with Gasteiger partial charge in [0.1, 0.15) is 11.5 Å². The number of ether oxygens (including phenoxy) is 1. The number of alkyl halides is 1. The molecule has 0 N–H and O–H groups in total. The first kappa shape index (κ1) is 15.1. The quantitative estimate of drug-likeness (QED) is 0.613. The number of hydrogen-bond acceptors (Lipinski definition) is 1. The van der Waals surface area contributed by atoms with Crippen LogP contribution in [0.5, 0.6) is 11.5 Å². The first-order valence-corrected chi connectivity index (χ1v) is 8.07. The minimum atomic E-state index is 0.509. The molecule has 0 aliphatic heterocycles. The Hall–Kier alpha value is -1.28. The Balaban J connectivity index is 2.32. The van der Waals surface area contributed by atoms with Crippen LogP contribution >= 0.6 is 15.9 Å². The molecule has 2 aromatic rings. The van der Waals surface area contributed by atoms with E-state index in [1.165, 1.54) is 16.7 Å². The molecule has 0 unspecified atom stereocenters. The van der Waals surface area contributed by atoms with Crippen molar-refractivity contribution in [3.63, 3.8) is 0 Å². The van der Waals surface area contributed by atoms with Gasteiger partial charge in [0.25, 0.3) is 0 Å². The van der Waals surface area contributed by atoms with Crippen LogP contribution in [0.2, 0.25) is 0 Å². The topological polar surface area (TPSA) is 9.23 Å². The summed E-state index contributed by atoms with van der Waals surface area (Å²) in [4.78, 5) is 0. The molecule has 0 aromatic heterocycles. The van der Waals surface area contributed by atoms with Crippen molar-refractivity contribution in [2.45, 2.75) is 38.9 Å². The fraction of sp³-hybridized carbons (Fsp3) is 0.333. The standard InChI is InChI=1S/C18H21BrO/c1-12(2)16-7-5-13(3)18(10-16)20-17-8-6-15(11-19)9-14(17)4/h5-10,12H,11H2,1-4H3. The Morgan fingerprint density at radius 2 is 1.70 bits per heavy atom. The highest BCUT2D eigenvalue weighted by atomic mass is 79.9. The maximum absolute atomic E-state index is 6.11.